The highest BCUT2D eigenvalue weighted by Crippen LogP contribution is 2.10. The molecular weight excluding hydrogens is 239 g/mol. The number of hydrogen-bond acceptors (Lipinski definition) is 3. The number of hydrogen-bond donors (Lipinski definition) is 3. The first-order valence-corrected chi connectivity index (χ1v) is 5.70. The molecule has 6 heteroatoms. The first-order valence-electron chi connectivity index (χ1n) is 5.70. The van der Waals surface area contributed by atoms with E-state index in [1.165, 1.54) is 23.1 Å². The molecule has 0 unspecified atom stereocenters. The van der Waals surface area contributed by atoms with Crippen molar-refractivity contribution in [2.45, 2.75) is 6.42 Å². The highest BCUT2D eigenvalue weighted by atomic mass is 19.1. The molecule has 0 aliphatic rings. The van der Waals surface area contributed by atoms with E-state index in [4.69, 9.17) is 10.2 Å². The van der Waals surface area contributed by atoms with Crippen molar-refractivity contribution in [3.63, 3.8) is 0 Å². The number of rotatable bonds is 6. The molecule has 2 amide bonds. The number of nitrogens with one attached hydrogen (secondary N) is 1. The molecule has 0 atom stereocenters. The van der Waals surface area contributed by atoms with Gasteiger partial charge in [-0.15, -0.1) is 0 Å². The maximum Gasteiger partial charge on any atom is 0.321 e. The van der Waals surface area contributed by atoms with Crippen molar-refractivity contribution in [1.82, 2.24) is 4.90 Å². The number of aliphatic hydroxyl groups excluding tert-OH is 2. The number of aliphatic hydroxyl groups is 2. The first kappa shape index (κ1) is 14.4. The molecule has 5 nitrogen and oxygen atoms in total. The van der Waals surface area contributed by atoms with Gasteiger partial charge in [0.05, 0.1) is 6.61 Å². The minimum Gasteiger partial charge on any atom is -0.396 e. The summed E-state index contributed by atoms with van der Waals surface area (Å²) in [5.41, 5.74) is 0.354. The third kappa shape index (κ3) is 4.68. The normalized spacial score (nSPS) is 10.2. The molecule has 3 N–H and O–H groups in total. The van der Waals surface area contributed by atoms with Gasteiger partial charge in [-0.3, -0.25) is 0 Å². The van der Waals surface area contributed by atoms with Gasteiger partial charge >= 0.3 is 6.03 Å². The molecule has 0 aliphatic heterocycles. The zero-order chi connectivity index (χ0) is 13.4. The predicted octanol–water partition coefficient (Wildman–Crippen LogP) is 1.03. The van der Waals surface area contributed by atoms with Gasteiger partial charge in [-0.25, -0.2) is 9.18 Å². The highest BCUT2D eigenvalue weighted by molar-refractivity contribution is 5.89. The topological polar surface area (TPSA) is 72.8 Å². The summed E-state index contributed by atoms with van der Waals surface area (Å²) >= 11 is 0. The fourth-order valence-electron chi connectivity index (χ4n) is 1.47. The van der Waals surface area contributed by atoms with Gasteiger partial charge in [-0.05, 0) is 24.6 Å². The Hall–Kier alpha value is -1.66. The van der Waals surface area contributed by atoms with Crippen LogP contribution in [-0.4, -0.2) is 47.4 Å². The molecule has 0 spiro atoms. The Balaban J connectivity index is 2.60. The lowest BCUT2D eigenvalue weighted by Crippen LogP contribution is -2.38. The summed E-state index contributed by atoms with van der Waals surface area (Å²) in [7, 11) is 0. The van der Waals surface area contributed by atoms with Gasteiger partial charge in [0.2, 0.25) is 0 Å². The number of carbonyl (C=O) groups is 1. The maximum absolute atomic E-state index is 12.9. The third-order valence-corrected chi connectivity index (χ3v) is 2.32. The Bertz CT molecular complexity index is 387. The summed E-state index contributed by atoms with van der Waals surface area (Å²) in [5.74, 6) is -0.433. The van der Waals surface area contributed by atoms with E-state index in [9.17, 15) is 9.18 Å². The summed E-state index contributed by atoms with van der Waals surface area (Å²) in [6, 6.07) is 5.13. The number of benzene rings is 1. The molecule has 0 aliphatic carbocycles. The van der Waals surface area contributed by atoms with E-state index in [0.717, 1.165) is 0 Å². The summed E-state index contributed by atoms with van der Waals surface area (Å²) in [4.78, 5) is 13.2. The average Bonchev–Trinajstić information content (AvgIpc) is 2.34. The minimum atomic E-state index is -0.433. The smallest absolute Gasteiger partial charge is 0.321 e. The Morgan fingerprint density at radius 2 is 2.06 bits per heavy atom. The molecular formula is C12H17FN2O3. The van der Waals surface area contributed by atoms with E-state index < -0.39 is 11.8 Å². The van der Waals surface area contributed by atoms with Crippen LogP contribution < -0.4 is 5.32 Å². The Kier molecular flexibility index (Phi) is 6.10. The predicted molar refractivity (Wildman–Crippen MR) is 65.8 cm³/mol. The molecule has 0 heterocycles. The van der Waals surface area contributed by atoms with Crippen LogP contribution in [0.2, 0.25) is 0 Å². The van der Waals surface area contributed by atoms with Crippen LogP contribution in [0.15, 0.2) is 24.3 Å². The molecule has 1 rings (SSSR count). The zero-order valence-corrected chi connectivity index (χ0v) is 9.97. The van der Waals surface area contributed by atoms with Crippen molar-refractivity contribution >= 4 is 11.7 Å². The van der Waals surface area contributed by atoms with E-state index in [1.807, 2.05) is 0 Å². The van der Waals surface area contributed by atoms with Crippen LogP contribution in [-0.2, 0) is 0 Å². The number of nitrogens with zero attached hydrogens (tertiary/aromatic N) is 1. The van der Waals surface area contributed by atoms with Gasteiger partial charge in [0.1, 0.15) is 5.82 Å². The quantitative estimate of drug-likeness (QED) is 0.712. The van der Waals surface area contributed by atoms with Crippen molar-refractivity contribution in [2.24, 2.45) is 0 Å². The van der Waals surface area contributed by atoms with Crippen molar-refractivity contribution in [2.75, 3.05) is 31.6 Å². The molecule has 0 fully saturated rings. The lowest BCUT2D eigenvalue weighted by Gasteiger charge is -2.21. The molecule has 1 aromatic carbocycles. The zero-order valence-electron chi connectivity index (χ0n) is 9.97. The van der Waals surface area contributed by atoms with Crippen LogP contribution in [0.5, 0.6) is 0 Å². The minimum absolute atomic E-state index is 0.0326. The maximum atomic E-state index is 12.9. The molecule has 0 bridgehead atoms. The Morgan fingerprint density at radius 3 is 2.67 bits per heavy atom. The summed E-state index contributed by atoms with van der Waals surface area (Å²) in [5, 5.41) is 20.1. The van der Waals surface area contributed by atoms with Gasteiger partial charge in [0.15, 0.2) is 0 Å². The van der Waals surface area contributed by atoms with Crippen LogP contribution in [0.25, 0.3) is 0 Å². The van der Waals surface area contributed by atoms with Gasteiger partial charge in [-0.1, -0.05) is 6.07 Å². The summed E-state index contributed by atoms with van der Waals surface area (Å²) in [6.45, 7) is 0.302. The average molecular weight is 256 g/mol. The van der Waals surface area contributed by atoms with Crippen LogP contribution in [0.1, 0.15) is 6.42 Å². The van der Waals surface area contributed by atoms with E-state index in [2.05, 4.69) is 5.32 Å². The number of halogens is 1. The molecule has 18 heavy (non-hydrogen) atoms. The third-order valence-electron chi connectivity index (χ3n) is 2.32. The summed E-state index contributed by atoms with van der Waals surface area (Å²) < 4.78 is 12.9. The molecule has 1 aromatic rings. The van der Waals surface area contributed by atoms with Crippen LogP contribution in [0, 0.1) is 5.82 Å². The molecule has 0 saturated carbocycles. The van der Waals surface area contributed by atoms with Crippen molar-refractivity contribution in [3.8, 4) is 0 Å². The largest absolute Gasteiger partial charge is 0.396 e. The number of amides is 2. The van der Waals surface area contributed by atoms with Gasteiger partial charge in [0, 0.05) is 25.4 Å². The monoisotopic (exact) mass is 256 g/mol. The van der Waals surface area contributed by atoms with Crippen molar-refractivity contribution in [3.05, 3.63) is 30.1 Å². The van der Waals surface area contributed by atoms with E-state index in [-0.39, 0.29) is 19.8 Å². The van der Waals surface area contributed by atoms with E-state index in [0.29, 0.717) is 18.7 Å². The van der Waals surface area contributed by atoms with Crippen LogP contribution in [0.3, 0.4) is 0 Å². The molecule has 0 radical (unpaired) electrons. The van der Waals surface area contributed by atoms with Crippen molar-refractivity contribution in [1.29, 1.82) is 0 Å². The highest BCUT2D eigenvalue weighted by Gasteiger charge is 2.12. The number of carbonyl (C=O) groups excluding carboxylic acids is 1. The second-order valence-corrected chi connectivity index (χ2v) is 3.73. The fourth-order valence-corrected chi connectivity index (χ4v) is 1.47. The Labute approximate surface area is 105 Å². The SMILES string of the molecule is O=C(Nc1cccc(F)c1)N(CCO)CCCO. The van der Waals surface area contributed by atoms with Gasteiger partial charge < -0.3 is 20.4 Å². The van der Waals surface area contributed by atoms with Crippen LogP contribution in [0.4, 0.5) is 14.9 Å². The molecule has 0 aromatic heterocycles. The lowest BCUT2D eigenvalue weighted by molar-refractivity contribution is 0.180. The van der Waals surface area contributed by atoms with Gasteiger partial charge in [-0.2, -0.15) is 0 Å². The molecule has 100 valence electrons. The second-order valence-electron chi connectivity index (χ2n) is 3.73. The van der Waals surface area contributed by atoms with Crippen molar-refractivity contribution < 1.29 is 19.4 Å². The molecule has 0 saturated heterocycles. The Morgan fingerprint density at radius 1 is 1.28 bits per heavy atom. The summed E-state index contributed by atoms with van der Waals surface area (Å²) in [6.07, 6.45) is 0.427. The fraction of sp³-hybridized carbons (Fsp3) is 0.417. The second kappa shape index (κ2) is 7.62. The van der Waals surface area contributed by atoms with E-state index >= 15 is 0 Å². The van der Waals surface area contributed by atoms with Gasteiger partial charge in [0.25, 0.3) is 0 Å². The number of urea groups is 1. The standard InChI is InChI=1S/C12H17FN2O3/c13-10-3-1-4-11(9-10)14-12(18)15(6-8-17)5-2-7-16/h1,3-4,9,16-17H,2,5-8H2,(H,14,18). The van der Waals surface area contributed by atoms with Crippen LogP contribution >= 0.6 is 0 Å². The number of anilines is 1. The van der Waals surface area contributed by atoms with E-state index in [1.54, 1.807) is 6.07 Å². The lowest BCUT2D eigenvalue weighted by atomic mass is 10.3. The first-order chi connectivity index (χ1) is 8.67.